The van der Waals surface area contributed by atoms with Gasteiger partial charge in [-0.2, -0.15) is 0 Å². The van der Waals surface area contributed by atoms with Crippen LogP contribution in [0.2, 0.25) is 0 Å². The maximum atomic E-state index is 12.1. The second-order valence-corrected chi connectivity index (χ2v) is 4.81. The average molecular weight is 294 g/mol. The van der Waals surface area contributed by atoms with Crippen molar-refractivity contribution in [2.75, 3.05) is 7.11 Å². The van der Waals surface area contributed by atoms with Gasteiger partial charge in [0.1, 0.15) is 11.5 Å². The van der Waals surface area contributed by atoms with Crippen molar-refractivity contribution in [1.29, 1.82) is 0 Å². The van der Waals surface area contributed by atoms with Crippen LogP contribution >= 0.6 is 0 Å². The lowest BCUT2D eigenvalue weighted by Crippen LogP contribution is -1.94. The van der Waals surface area contributed by atoms with Crippen LogP contribution in [0.5, 0.6) is 11.5 Å². The van der Waals surface area contributed by atoms with Gasteiger partial charge in [-0.25, -0.2) is 0 Å². The number of hydrogen-bond acceptors (Lipinski definition) is 3. The van der Waals surface area contributed by atoms with Crippen LogP contribution in [0.25, 0.3) is 6.08 Å². The summed E-state index contributed by atoms with van der Waals surface area (Å²) < 4.78 is 5.31. The predicted octanol–water partition coefficient (Wildman–Crippen LogP) is 4.03. The van der Waals surface area contributed by atoms with E-state index in [0.29, 0.717) is 11.3 Å². The average Bonchev–Trinajstić information content (AvgIpc) is 2.54. The van der Waals surface area contributed by atoms with E-state index in [1.807, 2.05) is 24.3 Å². The van der Waals surface area contributed by atoms with Crippen molar-refractivity contribution in [1.82, 2.24) is 0 Å². The third-order valence-corrected chi connectivity index (χ3v) is 3.24. The Morgan fingerprint density at radius 1 is 1.23 bits per heavy atom. The van der Waals surface area contributed by atoms with Crippen molar-refractivity contribution in [2.24, 2.45) is 0 Å². The molecule has 3 heteroatoms. The SMILES string of the molecule is C=CCc1ccc(OC)c(C=CC(=O)c2ccc(O)cc2)c1. The summed E-state index contributed by atoms with van der Waals surface area (Å²) >= 11 is 0. The molecule has 0 amide bonds. The Morgan fingerprint density at radius 3 is 2.59 bits per heavy atom. The molecule has 22 heavy (non-hydrogen) atoms. The fourth-order valence-corrected chi connectivity index (χ4v) is 2.10. The molecule has 0 saturated heterocycles. The lowest BCUT2D eigenvalue weighted by molar-refractivity contribution is 0.104. The molecule has 2 aromatic rings. The van der Waals surface area contributed by atoms with Crippen molar-refractivity contribution >= 4 is 11.9 Å². The quantitative estimate of drug-likeness (QED) is 0.497. The second kappa shape index (κ2) is 7.27. The lowest BCUT2D eigenvalue weighted by Gasteiger charge is -2.06. The number of carbonyl (C=O) groups excluding carboxylic acids is 1. The van der Waals surface area contributed by atoms with E-state index in [1.54, 1.807) is 25.3 Å². The zero-order valence-corrected chi connectivity index (χ0v) is 12.5. The Balaban J connectivity index is 2.24. The number of ketones is 1. The normalized spacial score (nSPS) is 10.6. The Bertz CT molecular complexity index is 697. The molecule has 1 N–H and O–H groups in total. The van der Waals surface area contributed by atoms with E-state index >= 15 is 0 Å². The molecule has 0 aliphatic carbocycles. The molecule has 3 nitrogen and oxygen atoms in total. The van der Waals surface area contributed by atoms with Gasteiger partial charge >= 0.3 is 0 Å². The maximum Gasteiger partial charge on any atom is 0.185 e. The Hall–Kier alpha value is -2.81. The standard InChI is InChI=1S/C19H18O3/c1-3-4-14-5-12-19(22-2)16(13-14)8-11-18(21)15-6-9-17(20)10-7-15/h3,5-13,20H,1,4H2,2H3. The molecule has 112 valence electrons. The number of benzene rings is 2. The van der Waals surface area contributed by atoms with Crippen LogP contribution in [-0.4, -0.2) is 18.0 Å². The van der Waals surface area contributed by atoms with Crippen LogP contribution < -0.4 is 4.74 Å². The van der Waals surface area contributed by atoms with E-state index in [2.05, 4.69) is 6.58 Å². The molecule has 0 heterocycles. The fourth-order valence-electron chi connectivity index (χ4n) is 2.10. The Labute approximate surface area is 130 Å². The fraction of sp³-hybridized carbons (Fsp3) is 0.105. The van der Waals surface area contributed by atoms with E-state index in [0.717, 1.165) is 17.5 Å². The predicted molar refractivity (Wildman–Crippen MR) is 88.4 cm³/mol. The highest BCUT2D eigenvalue weighted by molar-refractivity contribution is 6.07. The summed E-state index contributed by atoms with van der Waals surface area (Å²) in [6.45, 7) is 3.73. The topological polar surface area (TPSA) is 46.5 Å². The van der Waals surface area contributed by atoms with Crippen molar-refractivity contribution in [3.63, 3.8) is 0 Å². The number of phenolic OH excluding ortho intramolecular Hbond substituents is 1. The van der Waals surface area contributed by atoms with Crippen LogP contribution in [0, 0.1) is 0 Å². The van der Waals surface area contributed by atoms with Crippen LogP contribution in [0.15, 0.2) is 61.2 Å². The van der Waals surface area contributed by atoms with Gasteiger partial charge in [0.25, 0.3) is 0 Å². The minimum absolute atomic E-state index is 0.129. The molecule has 2 rings (SSSR count). The van der Waals surface area contributed by atoms with Gasteiger partial charge < -0.3 is 9.84 Å². The van der Waals surface area contributed by atoms with Gasteiger partial charge in [-0.1, -0.05) is 12.1 Å². The van der Waals surface area contributed by atoms with Crippen molar-refractivity contribution in [3.8, 4) is 11.5 Å². The van der Waals surface area contributed by atoms with Crippen LogP contribution in [-0.2, 0) is 6.42 Å². The highest BCUT2D eigenvalue weighted by atomic mass is 16.5. The van der Waals surface area contributed by atoms with Crippen molar-refractivity contribution in [2.45, 2.75) is 6.42 Å². The largest absolute Gasteiger partial charge is 0.508 e. The number of phenols is 1. The van der Waals surface area contributed by atoms with Gasteiger partial charge in [0.15, 0.2) is 5.78 Å². The molecule has 0 aliphatic rings. The Morgan fingerprint density at radius 2 is 1.95 bits per heavy atom. The molecule has 0 aromatic heterocycles. The molecule has 0 radical (unpaired) electrons. The van der Waals surface area contributed by atoms with E-state index in [4.69, 9.17) is 4.74 Å². The molecular weight excluding hydrogens is 276 g/mol. The molecule has 0 atom stereocenters. The smallest absolute Gasteiger partial charge is 0.185 e. The first-order valence-electron chi connectivity index (χ1n) is 6.93. The Kier molecular flexibility index (Phi) is 5.15. The van der Waals surface area contributed by atoms with Crippen LogP contribution in [0.3, 0.4) is 0 Å². The third kappa shape index (κ3) is 3.85. The molecule has 0 saturated carbocycles. The molecule has 2 aromatic carbocycles. The molecule has 0 spiro atoms. The lowest BCUT2D eigenvalue weighted by atomic mass is 10.0. The van der Waals surface area contributed by atoms with E-state index < -0.39 is 0 Å². The number of hydrogen-bond donors (Lipinski definition) is 1. The minimum Gasteiger partial charge on any atom is -0.508 e. The molecule has 0 fully saturated rings. The summed E-state index contributed by atoms with van der Waals surface area (Å²) in [7, 11) is 1.60. The van der Waals surface area contributed by atoms with Gasteiger partial charge in [-0.15, -0.1) is 6.58 Å². The summed E-state index contributed by atoms with van der Waals surface area (Å²) in [6.07, 6.45) is 5.83. The zero-order valence-electron chi connectivity index (χ0n) is 12.5. The van der Waals surface area contributed by atoms with Crippen molar-refractivity contribution < 1.29 is 14.6 Å². The van der Waals surface area contributed by atoms with E-state index in [1.165, 1.54) is 18.2 Å². The molecule has 0 unspecified atom stereocenters. The number of carbonyl (C=O) groups is 1. The van der Waals surface area contributed by atoms with Crippen LogP contribution in [0.1, 0.15) is 21.5 Å². The number of aromatic hydroxyl groups is 1. The molecule has 0 bridgehead atoms. The maximum absolute atomic E-state index is 12.1. The summed E-state index contributed by atoms with van der Waals surface area (Å²) in [4.78, 5) is 12.1. The summed E-state index contributed by atoms with van der Waals surface area (Å²) in [6, 6.07) is 12.0. The second-order valence-electron chi connectivity index (χ2n) is 4.81. The number of ether oxygens (including phenoxy) is 1. The first-order chi connectivity index (χ1) is 10.6. The van der Waals surface area contributed by atoms with Crippen LogP contribution in [0.4, 0.5) is 0 Å². The zero-order chi connectivity index (χ0) is 15.9. The summed E-state index contributed by atoms with van der Waals surface area (Å²) in [5.41, 5.74) is 2.47. The monoisotopic (exact) mass is 294 g/mol. The third-order valence-electron chi connectivity index (χ3n) is 3.24. The van der Waals surface area contributed by atoms with E-state index in [-0.39, 0.29) is 11.5 Å². The van der Waals surface area contributed by atoms with Gasteiger partial charge in [-0.05, 0) is 60.5 Å². The van der Waals surface area contributed by atoms with Gasteiger partial charge in [-0.3, -0.25) is 4.79 Å². The van der Waals surface area contributed by atoms with Gasteiger partial charge in [0.2, 0.25) is 0 Å². The molecule has 0 aliphatic heterocycles. The first kappa shape index (κ1) is 15.6. The van der Waals surface area contributed by atoms with E-state index in [9.17, 15) is 9.90 Å². The summed E-state index contributed by atoms with van der Waals surface area (Å²) in [5.74, 6) is 0.720. The highest BCUT2D eigenvalue weighted by Crippen LogP contribution is 2.22. The number of allylic oxidation sites excluding steroid dienone is 2. The highest BCUT2D eigenvalue weighted by Gasteiger charge is 2.04. The molecular formula is C19H18O3. The summed E-state index contributed by atoms with van der Waals surface area (Å²) in [5, 5.41) is 9.24. The minimum atomic E-state index is -0.129. The number of rotatable bonds is 6. The van der Waals surface area contributed by atoms with Gasteiger partial charge in [0, 0.05) is 11.1 Å². The first-order valence-corrected chi connectivity index (χ1v) is 6.93. The van der Waals surface area contributed by atoms with Crippen molar-refractivity contribution in [3.05, 3.63) is 77.9 Å². The van der Waals surface area contributed by atoms with Gasteiger partial charge in [0.05, 0.1) is 7.11 Å². The number of methoxy groups -OCH3 is 1.